The van der Waals surface area contributed by atoms with Crippen molar-refractivity contribution < 1.29 is 29.0 Å². The zero-order valence-corrected chi connectivity index (χ0v) is 20.0. The molecule has 2 saturated heterocycles. The molecule has 0 bridgehead atoms. The number of aryl methyl sites for hydroxylation is 1. The zero-order chi connectivity index (χ0) is 24.9. The number of carbonyl (C=O) groups is 4. The van der Waals surface area contributed by atoms with Gasteiger partial charge in [0, 0.05) is 31.7 Å². The van der Waals surface area contributed by atoms with Crippen molar-refractivity contribution in [2.45, 2.75) is 64.1 Å². The maximum absolute atomic E-state index is 12.4. The monoisotopic (exact) mass is 474 g/mol. The summed E-state index contributed by atoms with van der Waals surface area (Å²) in [5.41, 5.74) is 1.28. The number of aliphatic carboxylic acids is 1. The molecule has 34 heavy (non-hydrogen) atoms. The Morgan fingerprint density at radius 1 is 1.18 bits per heavy atom. The Labute approximate surface area is 199 Å². The van der Waals surface area contributed by atoms with Crippen LogP contribution in [0.4, 0.5) is 10.5 Å². The van der Waals surface area contributed by atoms with E-state index < -0.39 is 29.7 Å². The van der Waals surface area contributed by atoms with Crippen molar-refractivity contribution in [3.05, 3.63) is 29.8 Å². The lowest BCUT2D eigenvalue weighted by molar-refractivity contribution is -0.145. The van der Waals surface area contributed by atoms with Crippen LogP contribution in [-0.2, 0) is 25.5 Å². The van der Waals surface area contributed by atoms with Gasteiger partial charge in [-0.25, -0.2) is 9.59 Å². The second-order valence-electron chi connectivity index (χ2n) is 9.78. The molecule has 10 heteroatoms. The van der Waals surface area contributed by atoms with Gasteiger partial charge in [-0.05, 0) is 64.3 Å². The Kier molecular flexibility index (Phi) is 8.14. The number of anilines is 1. The van der Waals surface area contributed by atoms with Gasteiger partial charge in [-0.1, -0.05) is 12.1 Å². The van der Waals surface area contributed by atoms with Crippen molar-refractivity contribution in [1.82, 2.24) is 15.1 Å². The number of carboxylic acids is 1. The van der Waals surface area contributed by atoms with Crippen molar-refractivity contribution in [3.8, 4) is 0 Å². The Morgan fingerprint density at radius 3 is 2.50 bits per heavy atom. The molecule has 2 aliphatic heterocycles. The summed E-state index contributed by atoms with van der Waals surface area (Å²) in [6.07, 6.45) is 1.88. The lowest BCUT2D eigenvalue weighted by Gasteiger charge is -2.39. The van der Waals surface area contributed by atoms with E-state index in [9.17, 15) is 24.3 Å². The molecule has 3 amide bonds. The topological polar surface area (TPSA) is 128 Å². The minimum atomic E-state index is -1.03. The van der Waals surface area contributed by atoms with Crippen molar-refractivity contribution in [1.29, 1.82) is 0 Å². The van der Waals surface area contributed by atoms with Crippen molar-refractivity contribution in [2.75, 3.05) is 31.5 Å². The molecule has 0 aliphatic carbocycles. The number of hydrogen-bond donors (Lipinski definition) is 3. The average Bonchev–Trinajstić information content (AvgIpc) is 2.75. The van der Waals surface area contributed by atoms with Crippen LogP contribution in [0.2, 0.25) is 0 Å². The van der Waals surface area contributed by atoms with Crippen LogP contribution in [0.5, 0.6) is 0 Å². The predicted molar refractivity (Wildman–Crippen MR) is 125 cm³/mol. The molecular weight excluding hydrogens is 440 g/mol. The first-order chi connectivity index (χ1) is 16.0. The molecule has 0 aromatic heterocycles. The fraction of sp³-hybridized carbons (Fsp3) is 0.583. The molecule has 1 aromatic carbocycles. The highest BCUT2D eigenvalue weighted by atomic mass is 16.6. The van der Waals surface area contributed by atoms with E-state index in [0.29, 0.717) is 25.9 Å². The molecule has 2 aliphatic rings. The second-order valence-corrected chi connectivity index (χ2v) is 9.78. The third kappa shape index (κ3) is 7.18. The first kappa shape index (κ1) is 25.5. The van der Waals surface area contributed by atoms with Crippen molar-refractivity contribution >= 4 is 29.6 Å². The van der Waals surface area contributed by atoms with E-state index in [4.69, 9.17) is 4.74 Å². The Morgan fingerprint density at radius 2 is 1.88 bits per heavy atom. The number of nitrogens with zero attached hydrogens (tertiary/aromatic N) is 2. The number of piperidine rings is 1. The summed E-state index contributed by atoms with van der Waals surface area (Å²) in [5, 5.41) is 15.1. The zero-order valence-electron chi connectivity index (χ0n) is 20.0. The highest BCUT2D eigenvalue weighted by Crippen LogP contribution is 2.18. The minimum absolute atomic E-state index is 0.237. The maximum atomic E-state index is 12.4. The molecule has 2 atom stereocenters. The number of benzene rings is 1. The average molecular weight is 475 g/mol. The smallest absolute Gasteiger partial charge is 0.411 e. The molecule has 1 aromatic rings. The third-order valence-corrected chi connectivity index (χ3v) is 5.85. The highest BCUT2D eigenvalue weighted by molar-refractivity contribution is 6.01. The SMILES string of the molecule is CC(C)(C)OC(=O)N1CCN(CCCc2ccc(NC3CCC(=O)NC3=O)cc2)C[C@H]1C(=O)O. The molecule has 2 heterocycles. The van der Waals surface area contributed by atoms with E-state index in [1.807, 2.05) is 24.3 Å². The molecule has 2 fully saturated rings. The second kappa shape index (κ2) is 10.9. The molecule has 1 unspecified atom stereocenters. The number of carboxylic acid groups (broad SMARTS) is 1. The van der Waals surface area contributed by atoms with Gasteiger partial charge in [0.05, 0.1) is 0 Å². The van der Waals surface area contributed by atoms with Crippen LogP contribution in [0.3, 0.4) is 0 Å². The summed E-state index contributed by atoms with van der Waals surface area (Å²) in [6, 6.07) is 6.48. The van der Waals surface area contributed by atoms with Gasteiger partial charge >= 0.3 is 12.1 Å². The van der Waals surface area contributed by atoms with E-state index in [0.717, 1.165) is 30.6 Å². The first-order valence-electron chi connectivity index (χ1n) is 11.7. The van der Waals surface area contributed by atoms with E-state index in [-0.39, 0.29) is 18.4 Å². The Balaban J connectivity index is 1.45. The van der Waals surface area contributed by atoms with Crippen LogP contribution in [-0.4, -0.2) is 82.6 Å². The Hall–Kier alpha value is -3.14. The molecule has 3 N–H and O–H groups in total. The van der Waals surface area contributed by atoms with Gasteiger partial charge in [-0.3, -0.25) is 24.7 Å². The molecule has 0 spiro atoms. The third-order valence-electron chi connectivity index (χ3n) is 5.85. The summed E-state index contributed by atoms with van der Waals surface area (Å²) in [6.45, 7) is 7.17. The lowest BCUT2D eigenvalue weighted by Crippen LogP contribution is -2.59. The van der Waals surface area contributed by atoms with Crippen LogP contribution in [0, 0.1) is 0 Å². The summed E-state index contributed by atoms with van der Waals surface area (Å²) in [5.74, 6) is -1.57. The van der Waals surface area contributed by atoms with Crippen molar-refractivity contribution in [3.63, 3.8) is 0 Å². The minimum Gasteiger partial charge on any atom is -0.480 e. The number of piperazine rings is 1. The lowest BCUT2D eigenvalue weighted by atomic mass is 10.0. The maximum Gasteiger partial charge on any atom is 0.411 e. The number of imide groups is 1. The van der Waals surface area contributed by atoms with Crippen LogP contribution < -0.4 is 10.6 Å². The van der Waals surface area contributed by atoms with E-state index >= 15 is 0 Å². The molecule has 0 saturated carbocycles. The molecule has 10 nitrogen and oxygen atoms in total. The normalized spacial score (nSPS) is 21.7. The summed E-state index contributed by atoms with van der Waals surface area (Å²) < 4.78 is 5.36. The molecule has 0 radical (unpaired) electrons. The van der Waals surface area contributed by atoms with Gasteiger partial charge in [0.25, 0.3) is 0 Å². The van der Waals surface area contributed by atoms with Gasteiger partial charge in [0.15, 0.2) is 0 Å². The van der Waals surface area contributed by atoms with Gasteiger partial charge in [-0.2, -0.15) is 0 Å². The van der Waals surface area contributed by atoms with Crippen LogP contribution in [0.15, 0.2) is 24.3 Å². The standard InChI is InChI=1S/C24H34N4O6/c1-24(2,3)34-23(33)28-14-13-27(15-19(28)22(31)32)12-4-5-16-6-8-17(9-7-16)25-18-10-11-20(29)26-21(18)30/h6-9,18-19,25H,4-5,10-15H2,1-3H3,(H,31,32)(H,26,29,30)/t18?,19-/m0/s1. The van der Waals surface area contributed by atoms with Gasteiger partial charge in [-0.15, -0.1) is 0 Å². The molecule has 186 valence electrons. The fourth-order valence-corrected chi connectivity index (χ4v) is 4.10. The molecular formula is C24H34N4O6. The molecule has 3 rings (SSSR count). The number of rotatable bonds is 7. The first-order valence-corrected chi connectivity index (χ1v) is 11.7. The van der Waals surface area contributed by atoms with Crippen LogP contribution in [0.1, 0.15) is 45.6 Å². The van der Waals surface area contributed by atoms with E-state index in [1.54, 1.807) is 20.8 Å². The van der Waals surface area contributed by atoms with Gasteiger partial charge in [0.1, 0.15) is 17.7 Å². The number of nitrogens with one attached hydrogen (secondary N) is 2. The highest BCUT2D eigenvalue weighted by Gasteiger charge is 2.37. The van der Waals surface area contributed by atoms with E-state index in [2.05, 4.69) is 15.5 Å². The quantitative estimate of drug-likeness (QED) is 0.511. The van der Waals surface area contributed by atoms with E-state index in [1.165, 1.54) is 4.90 Å². The van der Waals surface area contributed by atoms with Crippen molar-refractivity contribution in [2.24, 2.45) is 0 Å². The van der Waals surface area contributed by atoms with Crippen LogP contribution >= 0.6 is 0 Å². The van der Waals surface area contributed by atoms with Gasteiger partial charge in [0.2, 0.25) is 11.8 Å². The Bertz CT molecular complexity index is 911. The fourth-order valence-electron chi connectivity index (χ4n) is 4.10. The largest absolute Gasteiger partial charge is 0.480 e. The summed E-state index contributed by atoms with van der Waals surface area (Å²) in [7, 11) is 0. The van der Waals surface area contributed by atoms with Gasteiger partial charge < -0.3 is 15.2 Å². The summed E-state index contributed by atoms with van der Waals surface area (Å²) >= 11 is 0. The number of ether oxygens (including phenoxy) is 1. The number of hydrogen-bond acceptors (Lipinski definition) is 7. The summed E-state index contributed by atoms with van der Waals surface area (Å²) in [4.78, 5) is 50.7. The predicted octanol–water partition coefficient (Wildman–Crippen LogP) is 1.84. The van der Waals surface area contributed by atoms with Crippen LogP contribution in [0.25, 0.3) is 0 Å². The number of carbonyl (C=O) groups excluding carboxylic acids is 3. The number of amides is 3.